The molecule has 0 aliphatic rings. The normalized spacial score (nSPS) is 10.4. The van der Waals surface area contributed by atoms with E-state index in [4.69, 9.17) is 9.84 Å². The number of carbonyl (C=O) groups is 2. The van der Waals surface area contributed by atoms with Gasteiger partial charge in [0.05, 0.1) is 0 Å². The molecule has 1 rings (SSSR count). The average Bonchev–Trinajstić information content (AvgIpc) is 2.49. The second-order valence-electron chi connectivity index (χ2n) is 5.29. The SMILES string of the molecule is CC(C)(C=O)Oc1ccc(CCCC(=O)O)cc1.CCOC. The molecule has 0 amide bonds. The number of hydrogen-bond acceptors (Lipinski definition) is 4. The lowest BCUT2D eigenvalue weighted by Gasteiger charge is -2.19. The zero-order chi connectivity index (χ0) is 17.0. The van der Waals surface area contributed by atoms with Gasteiger partial charge in [0.15, 0.2) is 11.9 Å². The van der Waals surface area contributed by atoms with Gasteiger partial charge in [-0.2, -0.15) is 0 Å². The number of benzene rings is 1. The van der Waals surface area contributed by atoms with Crippen LogP contribution in [0.4, 0.5) is 0 Å². The van der Waals surface area contributed by atoms with E-state index in [9.17, 15) is 9.59 Å². The van der Waals surface area contributed by atoms with Gasteiger partial charge in [-0.05, 0) is 51.3 Å². The quantitative estimate of drug-likeness (QED) is 0.747. The van der Waals surface area contributed by atoms with Crippen LogP contribution in [0.1, 0.15) is 39.2 Å². The van der Waals surface area contributed by atoms with E-state index in [0.29, 0.717) is 12.2 Å². The van der Waals surface area contributed by atoms with Gasteiger partial charge in [-0.15, -0.1) is 0 Å². The Bertz CT molecular complexity index is 435. The molecule has 5 nitrogen and oxygen atoms in total. The van der Waals surface area contributed by atoms with Crippen molar-refractivity contribution in [2.45, 2.75) is 45.6 Å². The highest BCUT2D eigenvalue weighted by Crippen LogP contribution is 2.18. The Balaban J connectivity index is 0.000000980. The van der Waals surface area contributed by atoms with E-state index in [1.54, 1.807) is 33.1 Å². The minimum absolute atomic E-state index is 0.177. The van der Waals surface area contributed by atoms with Crippen molar-refractivity contribution in [3.63, 3.8) is 0 Å². The molecule has 1 aromatic rings. The Morgan fingerprint density at radius 3 is 2.23 bits per heavy atom. The van der Waals surface area contributed by atoms with Gasteiger partial charge in [0.1, 0.15) is 5.75 Å². The van der Waals surface area contributed by atoms with Crippen LogP contribution in [0.5, 0.6) is 5.75 Å². The number of methoxy groups -OCH3 is 1. The van der Waals surface area contributed by atoms with Gasteiger partial charge < -0.3 is 14.6 Å². The molecule has 0 unspecified atom stereocenters. The van der Waals surface area contributed by atoms with Crippen molar-refractivity contribution in [1.29, 1.82) is 0 Å². The van der Waals surface area contributed by atoms with Crippen molar-refractivity contribution >= 4 is 12.3 Å². The third-order valence-corrected chi connectivity index (χ3v) is 2.73. The molecule has 124 valence electrons. The second kappa shape index (κ2) is 10.8. The highest BCUT2D eigenvalue weighted by atomic mass is 16.5. The summed E-state index contributed by atoms with van der Waals surface area (Å²) in [6.07, 6.45) is 2.28. The van der Waals surface area contributed by atoms with E-state index >= 15 is 0 Å². The first-order chi connectivity index (χ1) is 10.3. The fraction of sp³-hybridized carbons (Fsp3) is 0.529. The summed E-state index contributed by atoms with van der Waals surface area (Å²) in [5.74, 6) is -0.142. The van der Waals surface area contributed by atoms with E-state index in [1.165, 1.54) is 0 Å². The molecule has 0 aliphatic heterocycles. The number of aldehydes is 1. The van der Waals surface area contributed by atoms with Gasteiger partial charge in [0.25, 0.3) is 0 Å². The molecule has 1 N–H and O–H groups in total. The van der Waals surface area contributed by atoms with Crippen LogP contribution in [0, 0.1) is 0 Å². The summed E-state index contributed by atoms with van der Waals surface area (Å²) in [5.41, 5.74) is 0.234. The molecule has 1 aromatic carbocycles. The number of carboxylic acids is 1. The van der Waals surface area contributed by atoms with Gasteiger partial charge >= 0.3 is 5.97 Å². The molecule has 0 aromatic heterocycles. The Morgan fingerprint density at radius 2 is 1.82 bits per heavy atom. The first-order valence-electron chi connectivity index (χ1n) is 7.29. The van der Waals surface area contributed by atoms with E-state index < -0.39 is 11.6 Å². The number of carbonyl (C=O) groups excluding carboxylic acids is 1. The fourth-order valence-corrected chi connectivity index (χ4v) is 1.50. The predicted molar refractivity (Wildman–Crippen MR) is 85.3 cm³/mol. The lowest BCUT2D eigenvalue weighted by Crippen LogP contribution is -2.29. The summed E-state index contributed by atoms with van der Waals surface area (Å²) in [6, 6.07) is 7.36. The summed E-state index contributed by atoms with van der Waals surface area (Å²) in [4.78, 5) is 21.1. The van der Waals surface area contributed by atoms with Gasteiger partial charge in [-0.25, -0.2) is 0 Å². The maximum Gasteiger partial charge on any atom is 0.303 e. The highest BCUT2D eigenvalue weighted by molar-refractivity contribution is 5.66. The molecule has 0 heterocycles. The minimum atomic E-state index is -0.829. The van der Waals surface area contributed by atoms with E-state index in [1.807, 2.05) is 19.1 Å². The van der Waals surface area contributed by atoms with E-state index in [0.717, 1.165) is 24.9 Å². The van der Waals surface area contributed by atoms with Crippen LogP contribution in [0.3, 0.4) is 0 Å². The number of aliphatic carboxylic acids is 1. The summed E-state index contributed by atoms with van der Waals surface area (Å²) < 4.78 is 10.0. The minimum Gasteiger partial charge on any atom is -0.481 e. The molecular formula is C17H26O5. The molecule has 0 spiro atoms. The molecule has 0 aliphatic carbocycles. The largest absolute Gasteiger partial charge is 0.481 e. The van der Waals surface area contributed by atoms with Crippen molar-refractivity contribution in [2.24, 2.45) is 0 Å². The molecule has 0 atom stereocenters. The highest BCUT2D eigenvalue weighted by Gasteiger charge is 2.17. The van der Waals surface area contributed by atoms with Gasteiger partial charge in [0.2, 0.25) is 0 Å². The van der Waals surface area contributed by atoms with Crippen LogP contribution in [0.15, 0.2) is 24.3 Å². The summed E-state index contributed by atoms with van der Waals surface area (Å²) in [7, 11) is 1.68. The Hall–Kier alpha value is -1.88. The average molecular weight is 310 g/mol. The van der Waals surface area contributed by atoms with Gasteiger partial charge in [0, 0.05) is 20.1 Å². The monoisotopic (exact) mass is 310 g/mol. The topological polar surface area (TPSA) is 72.8 Å². The molecule has 22 heavy (non-hydrogen) atoms. The summed E-state index contributed by atoms with van der Waals surface area (Å²) in [6.45, 7) is 6.17. The smallest absolute Gasteiger partial charge is 0.303 e. The molecule has 5 heteroatoms. The lowest BCUT2D eigenvalue weighted by atomic mass is 10.1. The fourth-order valence-electron chi connectivity index (χ4n) is 1.50. The number of carboxylic acid groups (broad SMARTS) is 1. The Kier molecular flexibility index (Phi) is 9.87. The van der Waals surface area contributed by atoms with Crippen molar-refractivity contribution in [2.75, 3.05) is 13.7 Å². The van der Waals surface area contributed by atoms with E-state index in [-0.39, 0.29) is 6.42 Å². The molecule has 0 radical (unpaired) electrons. The molecule has 0 saturated carbocycles. The molecular weight excluding hydrogens is 284 g/mol. The third-order valence-electron chi connectivity index (χ3n) is 2.73. The van der Waals surface area contributed by atoms with Crippen LogP contribution in [-0.4, -0.2) is 36.7 Å². The number of ether oxygens (including phenoxy) is 2. The summed E-state index contributed by atoms with van der Waals surface area (Å²) >= 11 is 0. The number of hydrogen-bond donors (Lipinski definition) is 1. The van der Waals surface area contributed by atoms with Gasteiger partial charge in [-0.1, -0.05) is 12.1 Å². The van der Waals surface area contributed by atoms with Crippen LogP contribution < -0.4 is 4.74 Å². The Morgan fingerprint density at radius 1 is 1.27 bits per heavy atom. The summed E-state index contributed by atoms with van der Waals surface area (Å²) in [5, 5.41) is 8.54. The standard InChI is InChI=1S/C14H18O4.C3H8O/c1-14(2,10-15)18-12-8-6-11(7-9-12)4-3-5-13(16)17;1-3-4-2/h6-10H,3-5H2,1-2H3,(H,16,17);3H2,1-2H3. The maximum absolute atomic E-state index is 10.7. The number of aryl methyl sites for hydroxylation is 1. The van der Waals surface area contributed by atoms with Gasteiger partial charge in [-0.3, -0.25) is 9.59 Å². The van der Waals surface area contributed by atoms with Crippen molar-refractivity contribution in [3.8, 4) is 5.75 Å². The number of rotatable bonds is 8. The van der Waals surface area contributed by atoms with Crippen molar-refractivity contribution in [1.82, 2.24) is 0 Å². The third kappa shape index (κ3) is 9.94. The second-order valence-corrected chi connectivity index (χ2v) is 5.29. The van der Waals surface area contributed by atoms with E-state index in [2.05, 4.69) is 4.74 Å². The van der Waals surface area contributed by atoms with Crippen molar-refractivity contribution in [3.05, 3.63) is 29.8 Å². The van der Waals surface area contributed by atoms with Crippen LogP contribution >= 0.6 is 0 Å². The zero-order valence-electron chi connectivity index (χ0n) is 13.8. The predicted octanol–water partition coefficient (Wildman–Crippen LogP) is 3.10. The molecule has 0 fully saturated rings. The van der Waals surface area contributed by atoms with Crippen molar-refractivity contribution < 1.29 is 24.2 Å². The Labute approximate surface area is 132 Å². The maximum atomic E-state index is 10.7. The first-order valence-corrected chi connectivity index (χ1v) is 7.29. The molecule has 0 bridgehead atoms. The lowest BCUT2D eigenvalue weighted by molar-refractivity contribution is -0.137. The van der Waals surface area contributed by atoms with Crippen LogP contribution in [0.2, 0.25) is 0 Å². The first kappa shape index (κ1) is 20.1. The molecule has 0 saturated heterocycles. The van der Waals surface area contributed by atoms with Crippen LogP contribution in [-0.2, 0) is 20.7 Å². The zero-order valence-corrected chi connectivity index (χ0v) is 13.8. The van der Waals surface area contributed by atoms with Crippen LogP contribution in [0.25, 0.3) is 0 Å².